The van der Waals surface area contributed by atoms with Gasteiger partial charge in [0.25, 0.3) is 0 Å². The van der Waals surface area contributed by atoms with Gasteiger partial charge in [-0.15, -0.1) is 13.2 Å². The monoisotopic (exact) mass is 245 g/mol. The van der Waals surface area contributed by atoms with Crippen molar-refractivity contribution in [3.05, 3.63) is 40.8 Å². The molecule has 0 spiro atoms. The van der Waals surface area contributed by atoms with Crippen molar-refractivity contribution < 1.29 is 22.4 Å². The van der Waals surface area contributed by atoms with Crippen LogP contribution in [0.3, 0.4) is 0 Å². The first-order valence-corrected chi connectivity index (χ1v) is 4.49. The predicted octanol–water partition coefficient (Wildman–Crippen LogP) is 2.53. The van der Waals surface area contributed by atoms with Crippen molar-refractivity contribution in [2.75, 3.05) is 0 Å². The summed E-state index contributed by atoms with van der Waals surface area (Å²) < 4.78 is 43.8. The summed E-state index contributed by atoms with van der Waals surface area (Å²) in [4.78, 5) is 10.7. The molecule has 0 aliphatic carbocycles. The Morgan fingerprint density at radius 3 is 2.29 bits per heavy atom. The molecular weight excluding hydrogens is 239 g/mol. The molecule has 17 heavy (non-hydrogen) atoms. The summed E-state index contributed by atoms with van der Waals surface area (Å²) in [5.41, 5.74) is 0.342. The molecule has 90 valence electrons. The van der Waals surface area contributed by atoms with Crippen LogP contribution in [0.2, 0.25) is 0 Å². The second kappa shape index (κ2) is 4.00. The third kappa shape index (κ3) is 2.90. The molecule has 0 fully saturated rings. The summed E-state index contributed by atoms with van der Waals surface area (Å²) in [5.74, 6) is -0.327. The van der Waals surface area contributed by atoms with Gasteiger partial charge in [0.2, 0.25) is 0 Å². The molecule has 0 saturated heterocycles. The van der Waals surface area contributed by atoms with E-state index in [1.807, 2.05) is 0 Å². The van der Waals surface area contributed by atoms with Gasteiger partial charge in [-0.3, -0.25) is 0 Å². The van der Waals surface area contributed by atoms with Crippen LogP contribution in [-0.2, 0) is 0 Å². The molecule has 0 saturated carbocycles. The summed E-state index contributed by atoms with van der Waals surface area (Å²) >= 11 is 0. The van der Waals surface area contributed by atoms with Crippen molar-refractivity contribution >= 4 is 0 Å². The quantitative estimate of drug-likeness (QED) is 0.884. The van der Waals surface area contributed by atoms with E-state index in [0.717, 1.165) is 12.1 Å². The maximum atomic E-state index is 11.9. The Labute approximate surface area is 92.6 Å². The second-order valence-electron chi connectivity index (χ2n) is 3.15. The van der Waals surface area contributed by atoms with Crippen molar-refractivity contribution in [2.24, 2.45) is 0 Å². The number of benzene rings is 1. The Morgan fingerprint density at radius 1 is 1.18 bits per heavy atom. The molecule has 1 aromatic heterocycles. The first kappa shape index (κ1) is 11.3. The summed E-state index contributed by atoms with van der Waals surface area (Å²) in [6.45, 7) is 0. The Bertz CT molecular complexity index is 553. The molecule has 4 nitrogen and oxygen atoms in total. The molecule has 7 heteroatoms. The normalized spacial score (nSPS) is 11.5. The number of aromatic amines is 1. The van der Waals surface area contributed by atoms with Gasteiger partial charge in [0.05, 0.1) is 11.8 Å². The lowest BCUT2D eigenvalue weighted by atomic mass is 10.1. The first-order chi connectivity index (χ1) is 7.94. The van der Waals surface area contributed by atoms with E-state index >= 15 is 0 Å². The van der Waals surface area contributed by atoms with Gasteiger partial charge in [-0.25, -0.2) is 9.95 Å². The molecule has 2 rings (SSSR count). The minimum Gasteiger partial charge on any atom is -0.406 e. The lowest BCUT2D eigenvalue weighted by Crippen LogP contribution is -2.16. The third-order valence-corrected chi connectivity index (χ3v) is 1.92. The molecule has 0 radical (unpaired) electrons. The molecule has 1 N–H and O–H groups in total. The number of alkyl halides is 3. The smallest absolute Gasteiger partial charge is 0.406 e. The molecule has 0 aliphatic rings. The summed E-state index contributed by atoms with van der Waals surface area (Å²) in [7, 11) is 0. The molecular formula is C10H6F3NO3. The zero-order valence-electron chi connectivity index (χ0n) is 8.25. The molecule has 0 aliphatic heterocycles. The highest BCUT2D eigenvalue weighted by Gasteiger charge is 2.30. The van der Waals surface area contributed by atoms with Gasteiger partial charge < -0.3 is 9.26 Å². The van der Waals surface area contributed by atoms with Crippen LogP contribution in [0.4, 0.5) is 13.2 Å². The molecule has 0 amide bonds. The van der Waals surface area contributed by atoms with Crippen LogP contribution < -0.4 is 10.4 Å². The van der Waals surface area contributed by atoms with E-state index in [-0.39, 0.29) is 5.75 Å². The van der Waals surface area contributed by atoms with Crippen LogP contribution in [0.5, 0.6) is 5.75 Å². The average Bonchev–Trinajstić information content (AvgIpc) is 2.63. The third-order valence-electron chi connectivity index (χ3n) is 1.92. The highest BCUT2D eigenvalue weighted by molar-refractivity contribution is 5.58. The minimum absolute atomic E-state index is 0.327. The van der Waals surface area contributed by atoms with Gasteiger partial charge in [-0.05, 0) is 24.3 Å². The van der Waals surface area contributed by atoms with Crippen molar-refractivity contribution in [3.63, 3.8) is 0 Å². The van der Waals surface area contributed by atoms with E-state index in [9.17, 15) is 18.0 Å². The van der Waals surface area contributed by atoms with Crippen LogP contribution in [0.25, 0.3) is 11.3 Å². The SMILES string of the molecule is O=c1cc(-c2ccc(OC(F)(F)F)cc2)[nH]o1. The van der Waals surface area contributed by atoms with E-state index in [0.29, 0.717) is 11.3 Å². The van der Waals surface area contributed by atoms with Crippen molar-refractivity contribution in [1.82, 2.24) is 5.16 Å². The van der Waals surface area contributed by atoms with E-state index in [1.54, 1.807) is 0 Å². The fourth-order valence-corrected chi connectivity index (χ4v) is 1.26. The maximum absolute atomic E-state index is 11.9. The van der Waals surface area contributed by atoms with E-state index in [2.05, 4.69) is 14.4 Å². The van der Waals surface area contributed by atoms with Crippen molar-refractivity contribution in [2.45, 2.75) is 6.36 Å². The van der Waals surface area contributed by atoms with Crippen LogP contribution in [-0.4, -0.2) is 11.5 Å². The van der Waals surface area contributed by atoms with Gasteiger partial charge in [0.15, 0.2) is 0 Å². The number of halogens is 3. The number of hydrogen-bond donors (Lipinski definition) is 1. The first-order valence-electron chi connectivity index (χ1n) is 4.49. The number of ether oxygens (including phenoxy) is 1. The van der Waals surface area contributed by atoms with Crippen molar-refractivity contribution in [1.29, 1.82) is 0 Å². The molecule has 1 heterocycles. The molecule has 0 bridgehead atoms. The van der Waals surface area contributed by atoms with Crippen LogP contribution >= 0.6 is 0 Å². The number of hydrogen-bond acceptors (Lipinski definition) is 3. The van der Waals surface area contributed by atoms with Gasteiger partial charge in [0.1, 0.15) is 5.75 Å². The fraction of sp³-hybridized carbons (Fsp3) is 0.100. The van der Waals surface area contributed by atoms with Crippen molar-refractivity contribution in [3.8, 4) is 17.0 Å². The largest absolute Gasteiger partial charge is 0.573 e. The van der Waals surface area contributed by atoms with E-state index < -0.39 is 12.0 Å². The summed E-state index contributed by atoms with van der Waals surface area (Å²) in [5, 5.41) is 2.34. The van der Waals surface area contributed by atoms with Crippen LogP contribution in [0.15, 0.2) is 39.6 Å². The molecule has 1 aromatic carbocycles. The number of H-pyrrole nitrogens is 1. The van der Waals surface area contributed by atoms with Crippen LogP contribution in [0, 0.1) is 0 Å². The average molecular weight is 245 g/mol. The Hall–Kier alpha value is -2.18. The summed E-state index contributed by atoms with van der Waals surface area (Å²) in [6.07, 6.45) is -4.72. The maximum Gasteiger partial charge on any atom is 0.573 e. The standard InChI is InChI=1S/C10H6F3NO3/c11-10(12,13)16-7-3-1-6(2-4-7)8-5-9(15)17-14-8/h1-5,14H. The zero-order valence-corrected chi connectivity index (χ0v) is 8.25. The Morgan fingerprint density at radius 2 is 1.82 bits per heavy atom. The number of aromatic nitrogens is 1. The predicted molar refractivity (Wildman–Crippen MR) is 51.4 cm³/mol. The van der Waals surface area contributed by atoms with Gasteiger partial charge >= 0.3 is 12.0 Å². The lowest BCUT2D eigenvalue weighted by molar-refractivity contribution is -0.274. The van der Waals surface area contributed by atoms with Gasteiger partial charge in [-0.1, -0.05) is 0 Å². The highest BCUT2D eigenvalue weighted by Crippen LogP contribution is 2.25. The van der Waals surface area contributed by atoms with E-state index in [1.165, 1.54) is 18.2 Å². The highest BCUT2D eigenvalue weighted by atomic mass is 19.4. The Kier molecular flexibility index (Phi) is 2.66. The van der Waals surface area contributed by atoms with Gasteiger partial charge in [-0.2, -0.15) is 0 Å². The summed E-state index contributed by atoms with van der Waals surface area (Å²) in [6, 6.07) is 6.24. The van der Waals surface area contributed by atoms with Crippen LogP contribution in [0.1, 0.15) is 0 Å². The van der Waals surface area contributed by atoms with Gasteiger partial charge in [0, 0.05) is 5.56 Å². The molecule has 2 aromatic rings. The lowest BCUT2D eigenvalue weighted by Gasteiger charge is -2.08. The van der Waals surface area contributed by atoms with E-state index in [4.69, 9.17) is 0 Å². The number of rotatable bonds is 2. The fourth-order valence-electron chi connectivity index (χ4n) is 1.26. The topological polar surface area (TPSA) is 55.2 Å². The molecule has 0 atom stereocenters. The minimum atomic E-state index is -4.72. The zero-order chi connectivity index (χ0) is 12.5. The molecule has 0 unspecified atom stereocenters. The number of nitrogens with one attached hydrogen (secondary N) is 1. The second-order valence-corrected chi connectivity index (χ2v) is 3.15. The Balaban J connectivity index is 2.21.